The van der Waals surface area contributed by atoms with Crippen molar-refractivity contribution < 1.29 is 19.3 Å². The summed E-state index contributed by atoms with van der Waals surface area (Å²) >= 11 is 10.7. The highest BCUT2D eigenvalue weighted by Gasteiger charge is 2.17. The minimum Gasteiger partial charge on any atom is -0.495 e. The first-order chi connectivity index (χ1) is 24.4. The smallest absolute Gasteiger partial charge is 0.142 e. The van der Waals surface area contributed by atoms with E-state index in [9.17, 15) is 5.11 Å². The Morgan fingerprint density at radius 2 is 1.70 bits per heavy atom. The third-order valence-corrected chi connectivity index (χ3v) is 10.4. The number of methoxy groups -OCH3 is 1. The number of benzene rings is 3. The van der Waals surface area contributed by atoms with Crippen LogP contribution in [0.2, 0.25) is 5.02 Å². The molecule has 0 amide bonds. The topological polar surface area (TPSA) is 93.9 Å². The van der Waals surface area contributed by atoms with Gasteiger partial charge in [-0.3, -0.25) is 9.67 Å². The van der Waals surface area contributed by atoms with E-state index in [-0.39, 0.29) is 19.3 Å². The summed E-state index contributed by atoms with van der Waals surface area (Å²) in [5, 5.41) is 19.2. The van der Waals surface area contributed by atoms with Crippen LogP contribution in [0.3, 0.4) is 0 Å². The van der Waals surface area contributed by atoms with Crippen LogP contribution in [0.15, 0.2) is 77.7 Å². The minimum atomic E-state index is -0.0883. The van der Waals surface area contributed by atoms with E-state index in [2.05, 4.69) is 66.1 Å². The molecule has 3 aromatic carbocycles. The van der Waals surface area contributed by atoms with E-state index >= 15 is 0 Å². The Labute approximate surface area is 307 Å². The zero-order chi connectivity index (χ0) is 34.9. The van der Waals surface area contributed by atoms with E-state index in [1.165, 1.54) is 38.9 Å². The lowest BCUT2D eigenvalue weighted by Gasteiger charge is -2.18. The maximum absolute atomic E-state index is 9.53. The molecule has 0 spiro atoms. The van der Waals surface area contributed by atoms with Gasteiger partial charge in [-0.1, -0.05) is 41.9 Å². The fraction of sp³-hybridized carbons (Fsp3) is 0.385. The third-order valence-electron chi connectivity index (χ3n) is 9.16. The number of aryl methyl sites for hydroxylation is 1. The number of pyridine rings is 1. The van der Waals surface area contributed by atoms with Crippen LogP contribution in [0.4, 0.5) is 0 Å². The second kappa shape index (κ2) is 17.5. The summed E-state index contributed by atoms with van der Waals surface area (Å²) in [6.07, 6.45) is 10.4. The van der Waals surface area contributed by atoms with Crippen LogP contribution in [-0.4, -0.2) is 64.2 Å². The van der Waals surface area contributed by atoms with Gasteiger partial charge in [-0.05, 0) is 97.5 Å². The number of ether oxygens (including phenoxy) is 3. The number of halogens is 2. The van der Waals surface area contributed by atoms with Gasteiger partial charge < -0.3 is 29.5 Å². The van der Waals surface area contributed by atoms with Gasteiger partial charge in [-0.2, -0.15) is 5.10 Å². The molecule has 9 nitrogen and oxygen atoms in total. The highest BCUT2D eigenvalue weighted by molar-refractivity contribution is 9.10. The highest BCUT2D eigenvalue weighted by Crippen LogP contribution is 2.38. The standard InChI is InChI=1S/C39H45BrClN5O4/c1-27(24-47)43-21-30-18-35(41)38(19-37(30)49-25-28-17-31(48-2)22-42-20-28)50-26-29-9-7-11-33(39(29)40)32-10-8-12-36-34(32)23-44-46(36)16-6-5-15-45-13-3-4-14-45/h7-12,17-20,22-23,27,43,47H,3-6,13-16,21,24-26H2,1-2H3. The molecule has 1 unspecified atom stereocenters. The number of hydrogen-bond acceptors (Lipinski definition) is 8. The van der Waals surface area contributed by atoms with Gasteiger partial charge in [-0.15, -0.1) is 0 Å². The van der Waals surface area contributed by atoms with Gasteiger partial charge in [0.2, 0.25) is 0 Å². The van der Waals surface area contributed by atoms with E-state index in [1.54, 1.807) is 19.5 Å². The van der Waals surface area contributed by atoms with Crippen molar-refractivity contribution in [3.63, 3.8) is 0 Å². The van der Waals surface area contributed by atoms with Crippen molar-refractivity contribution in [2.45, 2.75) is 65.0 Å². The van der Waals surface area contributed by atoms with Crippen LogP contribution in [0.1, 0.15) is 49.3 Å². The summed E-state index contributed by atoms with van der Waals surface area (Å²) in [5.41, 5.74) is 6.03. The van der Waals surface area contributed by atoms with Crippen molar-refractivity contribution in [3.05, 3.63) is 99.4 Å². The molecule has 0 radical (unpaired) electrons. The van der Waals surface area contributed by atoms with E-state index < -0.39 is 0 Å². The Morgan fingerprint density at radius 3 is 2.52 bits per heavy atom. The molecule has 0 aliphatic carbocycles. The predicted octanol–water partition coefficient (Wildman–Crippen LogP) is 8.03. The first-order valence-electron chi connectivity index (χ1n) is 17.3. The highest BCUT2D eigenvalue weighted by atomic mass is 79.9. The Balaban J connectivity index is 1.18. The molecule has 2 N–H and O–H groups in total. The molecular formula is C39H45BrClN5O4. The molecule has 0 bridgehead atoms. The normalized spacial score (nSPS) is 13.9. The van der Waals surface area contributed by atoms with E-state index in [4.69, 9.17) is 30.9 Å². The quantitative estimate of drug-likeness (QED) is 0.0921. The maximum Gasteiger partial charge on any atom is 0.142 e. The number of nitrogens with zero attached hydrogens (tertiary/aromatic N) is 4. The molecule has 3 heterocycles. The molecule has 0 saturated carbocycles. The second-order valence-corrected chi connectivity index (χ2v) is 14.0. The minimum absolute atomic E-state index is 0.0182. The van der Waals surface area contributed by atoms with Gasteiger partial charge in [-0.25, -0.2) is 0 Å². The lowest BCUT2D eigenvalue weighted by atomic mass is 10.00. The number of fused-ring (bicyclic) bond motifs is 1. The largest absolute Gasteiger partial charge is 0.495 e. The molecule has 1 aliphatic heterocycles. The number of hydrogen-bond donors (Lipinski definition) is 2. The summed E-state index contributed by atoms with van der Waals surface area (Å²) in [6, 6.07) is 18.1. The van der Waals surface area contributed by atoms with Crippen molar-refractivity contribution >= 4 is 38.4 Å². The number of likely N-dealkylation sites (tertiary alicyclic amines) is 1. The van der Waals surface area contributed by atoms with Crippen LogP contribution < -0.4 is 19.5 Å². The lowest BCUT2D eigenvalue weighted by Crippen LogP contribution is -2.28. The zero-order valence-corrected chi connectivity index (χ0v) is 31.0. The fourth-order valence-electron chi connectivity index (χ4n) is 6.30. The predicted molar refractivity (Wildman–Crippen MR) is 202 cm³/mol. The van der Waals surface area contributed by atoms with Crippen LogP contribution in [-0.2, 0) is 26.3 Å². The van der Waals surface area contributed by atoms with E-state index in [1.807, 2.05) is 37.4 Å². The van der Waals surface area contributed by atoms with Crippen LogP contribution in [0.5, 0.6) is 17.2 Å². The van der Waals surface area contributed by atoms with E-state index in [0.29, 0.717) is 35.4 Å². The summed E-state index contributed by atoms with van der Waals surface area (Å²) in [4.78, 5) is 6.81. The molecule has 11 heteroatoms. The van der Waals surface area contributed by atoms with Crippen molar-refractivity contribution in [2.24, 2.45) is 0 Å². The van der Waals surface area contributed by atoms with Gasteiger partial charge in [0, 0.05) is 57.9 Å². The number of aromatic nitrogens is 3. The van der Waals surface area contributed by atoms with Crippen LogP contribution in [0, 0.1) is 0 Å². The second-order valence-electron chi connectivity index (χ2n) is 12.8. The average Bonchev–Trinajstić information content (AvgIpc) is 3.82. The summed E-state index contributed by atoms with van der Waals surface area (Å²) in [6.45, 7) is 7.54. The lowest BCUT2D eigenvalue weighted by molar-refractivity contribution is 0.249. The van der Waals surface area contributed by atoms with Crippen LogP contribution >= 0.6 is 27.5 Å². The molecule has 264 valence electrons. The summed E-state index contributed by atoms with van der Waals surface area (Å²) in [5.74, 6) is 1.79. The zero-order valence-electron chi connectivity index (χ0n) is 28.7. The van der Waals surface area contributed by atoms with Gasteiger partial charge in [0.05, 0.1) is 36.6 Å². The number of rotatable bonds is 17. The number of nitrogens with one attached hydrogen (secondary N) is 1. The van der Waals surface area contributed by atoms with Crippen molar-refractivity contribution in [2.75, 3.05) is 33.4 Å². The van der Waals surface area contributed by atoms with Crippen molar-refractivity contribution in [3.8, 4) is 28.4 Å². The number of unbranched alkanes of at least 4 members (excludes halogenated alkanes) is 1. The van der Waals surface area contributed by atoms with Gasteiger partial charge in [0.15, 0.2) is 0 Å². The molecule has 5 aromatic rings. The molecule has 2 aromatic heterocycles. The molecule has 6 rings (SSSR count). The molecule has 50 heavy (non-hydrogen) atoms. The SMILES string of the molecule is COc1cncc(COc2cc(OCc3cccc(-c4cccc5c4cnn5CCCCN4CCCC4)c3Br)c(Cl)cc2CNC(C)CO)c1. The maximum atomic E-state index is 9.53. The molecule has 1 aliphatic rings. The van der Waals surface area contributed by atoms with Gasteiger partial charge in [0.1, 0.15) is 30.5 Å². The molecule has 1 saturated heterocycles. The third kappa shape index (κ3) is 8.97. The first kappa shape index (κ1) is 36.1. The monoisotopic (exact) mass is 761 g/mol. The molecule has 1 fully saturated rings. The van der Waals surface area contributed by atoms with E-state index in [0.717, 1.165) is 56.2 Å². The summed E-state index contributed by atoms with van der Waals surface area (Å²) < 4.78 is 21.1. The fourth-order valence-corrected chi connectivity index (χ4v) is 7.13. The number of aliphatic hydroxyl groups excluding tert-OH is 1. The number of aliphatic hydroxyl groups is 1. The van der Waals surface area contributed by atoms with Crippen molar-refractivity contribution in [1.29, 1.82) is 0 Å². The van der Waals surface area contributed by atoms with Crippen molar-refractivity contribution in [1.82, 2.24) is 25.0 Å². The Kier molecular flexibility index (Phi) is 12.7. The Hall–Kier alpha value is -3.67. The van der Waals surface area contributed by atoms with Gasteiger partial charge >= 0.3 is 0 Å². The first-order valence-corrected chi connectivity index (χ1v) is 18.5. The Morgan fingerprint density at radius 1 is 0.920 bits per heavy atom. The molecular weight excluding hydrogens is 718 g/mol. The average molecular weight is 763 g/mol. The summed E-state index contributed by atoms with van der Waals surface area (Å²) in [7, 11) is 1.61. The Bertz CT molecular complexity index is 1880. The van der Waals surface area contributed by atoms with Crippen LogP contribution in [0.25, 0.3) is 22.0 Å². The van der Waals surface area contributed by atoms with Gasteiger partial charge in [0.25, 0.3) is 0 Å². The molecule has 1 atom stereocenters.